The van der Waals surface area contributed by atoms with Crippen LogP contribution in [0.2, 0.25) is 0 Å². The number of benzene rings is 1. The van der Waals surface area contributed by atoms with E-state index in [2.05, 4.69) is 10.3 Å². The van der Waals surface area contributed by atoms with Crippen LogP contribution in [-0.2, 0) is 16.4 Å². The molecular formula is C17H20N2O4S. The standard InChI is InChI=1S/C17H20N2O4S/c1-12(2)23-16-9-4-13(10-18-16)11-19-17(20)14-5-7-15(8-6-14)24(3,21)22/h4-10,12H,11H2,1-3H3,(H,19,20). The first-order chi connectivity index (χ1) is 11.3. The first-order valence-electron chi connectivity index (χ1n) is 7.45. The monoisotopic (exact) mass is 348 g/mol. The number of rotatable bonds is 6. The fourth-order valence-electron chi connectivity index (χ4n) is 1.96. The molecule has 0 aliphatic heterocycles. The Kier molecular flexibility index (Phi) is 5.56. The Morgan fingerprint density at radius 2 is 1.83 bits per heavy atom. The summed E-state index contributed by atoms with van der Waals surface area (Å²) in [6.07, 6.45) is 2.82. The number of sulfone groups is 1. The number of ether oxygens (including phenoxy) is 1. The van der Waals surface area contributed by atoms with Crippen LogP contribution in [0.4, 0.5) is 0 Å². The normalized spacial score (nSPS) is 11.3. The zero-order valence-electron chi connectivity index (χ0n) is 13.8. The summed E-state index contributed by atoms with van der Waals surface area (Å²) < 4.78 is 28.3. The Morgan fingerprint density at radius 1 is 1.17 bits per heavy atom. The van der Waals surface area contributed by atoms with E-state index in [0.29, 0.717) is 18.0 Å². The number of hydrogen-bond acceptors (Lipinski definition) is 5. The van der Waals surface area contributed by atoms with Gasteiger partial charge in [-0.2, -0.15) is 0 Å². The molecule has 0 saturated carbocycles. The van der Waals surface area contributed by atoms with Crippen molar-refractivity contribution in [3.05, 3.63) is 53.7 Å². The van der Waals surface area contributed by atoms with Crippen molar-refractivity contribution in [2.24, 2.45) is 0 Å². The van der Waals surface area contributed by atoms with Crippen LogP contribution in [0.25, 0.3) is 0 Å². The average molecular weight is 348 g/mol. The van der Waals surface area contributed by atoms with Gasteiger partial charge in [-0.1, -0.05) is 6.07 Å². The predicted octanol–water partition coefficient (Wildman–Crippen LogP) is 2.20. The summed E-state index contributed by atoms with van der Waals surface area (Å²) in [7, 11) is -3.27. The molecule has 1 heterocycles. The molecule has 0 unspecified atom stereocenters. The second-order valence-corrected chi connectivity index (χ2v) is 7.67. The lowest BCUT2D eigenvalue weighted by molar-refractivity contribution is 0.0951. The molecule has 0 aliphatic carbocycles. The molecule has 2 aromatic rings. The molecule has 0 saturated heterocycles. The molecule has 0 bridgehead atoms. The Morgan fingerprint density at radius 3 is 2.33 bits per heavy atom. The van der Waals surface area contributed by atoms with Crippen molar-refractivity contribution in [1.29, 1.82) is 0 Å². The second-order valence-electron chi connectivity index (χ2n) is 5.65. The van der Waals surface area contributed by atoms with Crippen LogP contribution >= 0.6 is 0 Å². The summed E-state index contributed by atoms with van der Waals surface area (Å²) in [5, 5.41) is 2.76. The number of hydrogen-bond donors (Lipinski definition) is 1. The van der Waals surface area contributed by atoms with E-state index in [1.165, 1.54) is 24.3 Å². The molecule has 1 N–H and O–H groups in total. The lowest BCUT2D eigenvalue weighted by Gasteiger charge is -2.09. The second kappa shape index (κ2) is 7.44. The molecule has 0 fully saturated rings. The van der Waals surface area contributed by atoms with Gasteiger partial charge >= 0.3 is 0 Å². The molecule has 0 aliphatic rings. The molecule has 2 rings (SSSR count). The van der Waals surface area contributed by atoms with Crippen LogP contribution in [0.5, 0.6) is 5.88 Å². The summed E-state index contributed by atoms with van der Waals surface area (Å²) >= 11 is 0. The minimum atomic E-state index is -3.27. The van der Waals surface area contributed by atoms with Crippen LogP contribution in [0.15, 0.2) is 47.5 Å². The third-order valence-corrected chi connectivity index (χ3v) is 4.28. The third kappa shape index (κ3) is 5.06. The summed E-state index contributed by atoms with van der Waals surface area (Å²) in [6, 6.07) is 9.40. The van der Waals surface area contributed by atoms with Crippen molar-refractivity contribution in [2.75, 3.05) is 6.26 Å². The first-order valence-corrected chi connectivity index (χ1v) is 9.35. The molecule has 6 nitrogen and oxygen atoms in total. The fourth-order valence-corrected chi connectivity index (χ4v) is 2.60. The van der Waals surface area contributed by atoms with Crippen LogP contribution in [-0.4, -0.2) is 31.7 Å². The zero-order chi connectivity index (χ0) is 17.7. The predicted molar refractivity (Wildman–Crippen MR) is 90.7 cm³/mol. The van der Waals surface area contributed by atoms with Crippen molar-refractivity contribution in [1.82, 2.24) is 10.3 Å². The Hall–Kier alpha value is -2.41. The van der Waals surface area contributed by atoms with Crippen molar-refractivity contribution >= 4 is 15.7 Å². The molecule has 0 atom stereocenters. The van der Waals surface area contributed by atoms with Gasteiger partial charge in [0.2, 0.25) is 5.88 Å². The van der Waals surface area contributed by atoms with E-state index in [-0.39, 0.29) is 16.9 Å². The largest absolute Gasteiger partial charge is 0.475 e. The minimum Gasteiger partial charge on any atom is -0.475 e. The highest BCUT2D eigenvalue weighted by molar-refractivity contribution is 7.90. The maximum absolute atomic E-state index is 12.1. The molecule has 1 amide bonds. The molecule has 0 radical (unpaired) electrons. The maximum atomic E-state index is 12.1. The summed E-state index contributed by atoms with van der Waals surface area (Å²) in [6.45, 7) is 4.16. The van der Waals surface area contributed by atoms with Crippen LogP contribution in [0.3, 0.4) is 0 Å². The molecule has 1 aromatic carbocycles. The van der Waals surface area contributed by atoms with Crippen molar-refractivity contribution in [3.8, 4) is 5.88 Å². The van der Waals surface area contributed by atoms with Gasteiger partial charge in [0.05, 0.1) is 11.0 Å². The number of carbonyl (C=O) groups excluding carboxylic acids is 1. The van der Waals surface area contributed by atoms with Crippen LogP contribution < -0.4 is 10.1 Å². The fraction of sp³-hybridized carbons (Fsp3) is 0.294. The van der Waals surface area contributed by atoms with E-state index in [4.69, 9.17) is 4.74 Å². The molecular weight excluding hydrogens is 328 g/mol. The molecule has 24 heavy (non-hydrogen) atoms. The Labute approximate surface area is 141 Å². The number of carbonyl (C=O) groups is 1. The Balaban J connectivity index is 1.95. The van der Waals surface area contributed by atoms with E-state index >= 15 is 0 Å². The minimum absolute atomic E-state index is 0.0537. The molecule has 7 heteroatoms. The smallest absolute Gasteiger partial charge is 0.251 e. The van der Waals surface area contributed by atoms with Gasteiger partial charge in [0.15, 0.2) is 9.84 Å². The van der Waals surface area contributed by atoms with Crippen molar-refractivity contribution < 1.29 is 17.9 Å². The van der Waals surface area contributed by atoms with Gasteiger partial charge < -0.3 is 10.1 Å². The summed E-state index contributed by atoms with van der Waals surface area (Å²) in [5.41, 5.74) is 1.24. The third-order valence-electron chi connectivity index (χ3n) is 3.15. The molecule has 1 aromatic heterocycles. The van der Waals surface area contributed by atoms with E-state index in [9.17, 15) is 13.2 Å². The highest BCUT2D eigenvalue weighted by Gasteiger charge is 2.10. The Bertz CT molecular complexity index is 797. The quantitative estimate of drug-likeness (QED) is 0.865. The summed E-state index contributed by atoms with van der Waals surface area (Å²) in [4.78, 5) is 16.4. The maximum Gasteiger partial charge on any atom is 0.251 e. The topological polar surface area (TPSA) is 85.4 Å². The molecule has 0 spiro atoms. The lowest BCUT2D eigenvalue weighted by atomic mass is 10.2. The van der Waals surface area contributed by atoms with Crippen molar-refractivity contribution in [3.63, 3.8) is 0 Å². The highest BCUT2D eigenvalue weighted by Crippen LogP contribution is 2.11. The van der Waals surface area contributed by atoms with Crippen LogP contribution in [0.1, 0.15) is 29.8 Å². The highest BCUT2D eigenvalue weighted by atomic mass is 32.2. The van der Waals surface area contributed by atoms with E-state index in [1.807, 2.05) is 19.9 Å². The van der Waals surface area contributed by atoms with Gasteiger partial charge in [-0.25, -0.2) is 13.4 Å². The number of pyridine rings is 1. The molecule has 128 valence electrons. The van der Waals surface area contributed by atoms with Gasteiger partial charge in [0, 0.05) is 30.6 Å². The van der Waals surface area contributed by atoms with Crippen molar-refractivity contribution in [2.45, 2.75) is 31.4 Å². The van der Waals surface area contributed by atoms with Crippen LogP contribution in [0, 0.1) is 0 Å². The van der Waals surface area contributed by atoms with Gasteiger partial charge in [0.25, 0.3) is 5.91 Å². The van der Waals surface area contributed by atoms with E-state index in [1.54, 1.807) is 12.3 Å². The SMILES string of the molecule is CC(C)Oc1ccc(CNC(=O)c2ccc(S(C)(=O)=O)cc2)cn1. The van der Waals surface area contributed by atoms with E-state index in [0.717, 1.165) is 11.8 Å². The zero-order valence-corrected chi connectivity index (χ0v) is 14.6. The number of aromatic nitrogens is 1. The lowest BCUT2D eigenvalue weighted by Crippen LogP contribution is -2.22. The van der Waals surface area contributed by atoms with Gasteiger partial charge in [-0.05, 0) is 43.7 Å². The van der Waals surface area contributed by atoms with Gasteiger partial charge in [-0.3, -0.25) is 4.79 Å². The first kappa shape index (κ1) is 17.9. The van der Waals surface area contributed by atoms with E-state index < -0.39 is 9.84 Å². The van der Waals surface area contributed by atoms with Gasteiger partial charge in [-0.15, -0.1) is 0 Å². The van der Waals surface area contributed by atoms with Gasteiger partial charge in [0.1, 0.15) is 0 Å². The number of amides is 1. The number of nitrogens with zero attached hydrogens (tertiary/aromatic N) is 1. The summed E-state index contributed by atoms with van der Waals surface area (Å²) in [5.74, 6) is 0.258. The number of nitrogens with one attached hydrogen (secondary N) is 1. The average Bonchev–Trinajstić information content (AvgIpc) is 2.52.